The Morgan fingerprint density at radius 2 is 2.31 bits per heavy atom. The van der Waals surface area contributed by atoms with Gasteiger partial charge in [-0.05, 0) is 25.3 Å². The lowest BCUT2D eigenvalue weighted by molar-refractivity contribution is 0.499. The Kier molecular flexibility index (Phi) is 4.66. The number of rotatable bonds is 6. The van der Waals surface area contributed by atoms with Crippen molar-refractivity contribution in [2.45, 2.75) is 30.8 Å². The van der Waals surface area contributed by atoms with E-state index >= 15 is 0 Å². The van der Waals surface area contributed by atoms with E-state index in [0.29, 0.717) is 0 Å². The second-order valence-electron chi connectivity index (χ2n) is 4.43. The third-order valence-corrected chi connectivity index (χ3v) is 4.12. The minimum atomic E-state index is 0.930. The van der Waals surface area contributed by atoms with Crippen LogP contribution < -0.4 is 5.32 Å². The summed E-state index contributed by atoms with van der Waals surface area (Å²) in [7, 11) is 1.98. The van der Waals surface area contributed by atoms with Crippen molar-refractivity contribution in [3.63, 3.8) is 0 Å². The van der Waals surface area contributed by atoms with Crippen molar-refractivity contribution in [2.24, 2.45) is 13.0 Å². The van der Waals surface area contributed by atoms with Gasteiger partial charge in [-0.15, -0.1) is 10.2 Å². The first-order chi connectivity index (χ1) is 7.86. The predicted octanol–water partition coefficient (Wildman–Crippen LogP) is 1.69. The Morgan fingerprint density at radius 1 is 1.50 bits per heavy atom. The van der Waals surface area contributed by atoms with Gasteiger partial charge in [-0.25, -0.2) is 0 Å². The molecular weight excluding hydrogens is 220 g/mol. The maximum absolute atomic E-state index is 4.04. The van der Waals surface area contributed by atoms with Crippen molar-refractivity contribution >= 4 is 11.8 Å². The summed E-state index contributed by atoms with van der Waals surface area (Å²) in [4.78, 5) is 0. The van der Waals surface area contributed by atoms with Gasteiger partial charge in [0, 0.05) is 19.3 Å². The lowest BCUT2D eigenvalue weighted by Gasteiger charge is -2.09. The monoisotopic (exact) mass is 240 g/mol. The minimum absolute atomic E-state index is 0.930. The molecule has 1 aromatic heterocycles. The summed E-state index contributed by atoms with van der Waals surface area (Å²) in [6.45, 7) is 2.26. The summed E-state index contributed by atoms with van der Waals surface area (Å²) >= 11 is 1.76. The zero-order valence-corrected chi connectivity index (χ0v) is 10.7. The molecule has 0 spiro atoms. The Morgan fingerprint density at radius 3 is 3.00 bits per heavy atom. The first kappa shape index (κ1) is 11.9. The molecule has 0 amide bonds. The van der Waals surface area contributed by atoms with Gasteiger partial charge in [0.2, 0.25) is 0 Å². The second-order valence-corrected chi connectivity index (χ2v) is 5.49. The fourth-order valence-electron chi connectivity index (χ4n) is 2.14. The summed E-state index contributed by atoms with van der Waals surface area (Å²) in [5.41, 5.74) is 0. The molecule has 4 nitrogen and oxygen atoms in total. The predicted molar refractivity (Wildman–Crippen MR) is 66.6 cm³/mol. The molecule has 1 saturated carbocycles. The topological polar surface area (TPSA) is 42.7 Å². The molecule has 0 aliphatic heterocycles. The van der Waals surface area contributed by atoms with Gasteiger partial charge >= 0.3 is 0 Å². The summed E-state index contributed by atoms with van der Waals surface area (Å²) in [6.07, 6.45) is 7.45. The van der Waals surface area contributed by atoms with Crippen LogP contribution in [0.1, 0.15) is 25.7 Å². The van der Waals surface area contributed by atoms with Gasteiger partial charge in [-0.1, -0.05) is 24.6 Å². The van der Waals surface area contributed by atoms with Crippen LogP contribution in [0, 0.1) is 5.92 Å². The second kappa shape index (κ2) is 6.25. The normalized spacial score (nSPS) is 17.1. The number of nitrogens with one attached hydrogen (secondary N) is 1. The maximum atomic E-state index is 4.04. The molecule has 0 radical (unpaired) electrons. The average Bonchev–Trinajstić information content (AvgIpc) is 2.90. The van der Waals surface area contributed by atoms with Crippen molar-refractivity contribution in [2.75, 3.05) is 18.8 Å². The highest BCUT2D eigenvalue weighted by atomic mass is 32.2. The van der Waals surface area contributed by atoms with E-state index in [9.17, 15) is 0 Å². The molecule has 0 atom stereocenters. The molecule has 2 rings (SSSR count). The van der Waals surface area contributed by atoms with Crippen LogP contribution in [0.2, 0.25) is 0 Å². The minimum Gasteiger partial charge on any atom is -0.316 e. The summed E-state index contributed by atoms with van der Waals surface area (Å²) in [5.74, 6) is 2.00. The van der Waals surface area contributed by atoms with Crippen molar-refractivity contribution in [3.05, 3.63) is 6.33 Å². The number of aromatic nitrogens is 3. The number of hydrogen-bond acceptors (Lipinski definition) is 4. The SMILES string of the molecule is Cn1cnnc1SCCNCC1CCCC1. The van der Waals surface area contributed by atoms with Gasteiger partial charge in [0.1, 0.15) is 6.33 Å². The Hall–Kier alpha value is -0.550. The van der Waals surface area contributed by atoms with Gasteiger partial charge < -0.3 is 9.88 Å². The van der Waals surface area contributed by atoms with E-state index in [0.717, 1.165) is 23.4 Å². The Balaban J connectivity index is 1.53. The highest BCUT2D eigenvalue weighted by Gasteiger charge is 2.13. The van der Waals surface area contributed by atoms with Gasteiger partial charge in [-0.3, -0.25) is 0 Å². The summed E-state index contributed by atoms with van der Waals surface area (Å²) in [5, 5.41) is 12.4. The molecule has 16 heavy (non-hydrogen) atoms. The van der Waals surface area contributed by atoms with E-state index in [1.807, 2.05) is 11.6 Å². The van der Waals surface area contributed by atoms with Crippen LogP contribution in [-0.2, 0) is 7.05 Å². The van der Waals surface area contributed by atoms with Crippen LogP contribution >= 0.6 is 11.8 Å². The van der Waals surface area contributed by atoms with Crippen LogP contribution in [-0.4, -0.2) is 33.6 Å². The van der Waals surface area contributed by atoms with Crippen LogP contribution in [0.25, 0.3) is 0 Å². The lowest BCUT2D eigenvalue weighted by atomic mass is 10.1. The Labute approximate surface area is 101 Å². The third-order valence-electron chi connectivity index (χ3n) is 3.09. The molecular formula is C11H20N4S. The van der Waals surface area contributed by atoms with Crippen LogP contribution in [0.15, 0.2) is 11.5 Å². The molecule has 1 heterocycles. The van der Waals surface area contributed by atoms with Crippen molar-refractivity contribution in [1.29, 1.82) is 0 Å². The van der Waals surface area contributed by atoms with Crippen molar-refractivity contribution in [1.82, 2.24) is 20.1 Å². The molecule has 1 aliphatic rings. The lowest BCUT2D eigenvalue weighted by Crippen LogP contribution is -2.23. The molecule has 1 N–H and O–H groups in total. The maximum Gasteiger partial charge on any atom is 0.190 e. The van der Waals surface area contributed by atoms with Gasteiger partial charge in [0.25, 0.3) is 0 Å². The van der Waals surface area contributed by atoms with E-state index in [2.05, 4.69) is 15.5 Å². The van der Waals surface area contributed by atoms with Crippen molar-refractivity contribution in [3.8, 4) is 0 Å². The van der Waals surface area contributed by atoms with E-state index in [-0.39, 0.29) is 0 Å². The highest BCUT2D eigenvalue weighted by Crippen LogP contribution is 2.23. The highest BCUT2D eigenvalue weighted by molar-refractivity contribution is 7.99. The third kappa shape index (κ3) is 3.49. The van der Waals surface area contributed by atoms with E-state index in [4.69, 9.17) is 0 Å². The standard InChI is InChI=1S/C11H20N4S/c1-15-9-13-14-11(15)16-7-6-12-8-10-4-2-3-5-10/h9-10,12H,2-8H2,1H3. The Bertz CT molecular complexity index is 307. The zero-order valence-electron chi connectivity index (χ0n) is 9.85. The van der Waals surface area contributed by atoms with Gasteiger partial charge in [0.15, 0.2) is 5.16 Å². The molecule has 0 unspecified atom stereocenters. The number of hydrogen-bond donors (Lipinski definition) is 1. The average molecular weight is 240 g/mol. The summed E-state index contributed by atoms with van der Waals surface area (Å²) in [6, 6.07) is 0. The first-order valence-electron chi connectivity index (χ1n) is 6.04. The number of aryl methyl sites for hydroxylation is 1. The molecule has 5 heteroatoms. The van der Waals surface area contributed by atoms with Gasteiger partial charge in [-0.2, -0.15) is 0 Å². The van der Waals surface area contributed by atoms with Crippen LogP contribution in [0.3, 0.4) is 0 Å². The van der Waals surface area contributed by atoms with E-state index in [1.165, 1.54) is 32.2 Å². The number of thioether (sulfide) groups is 1. The van der Waals surface area contributed by atoms with Gasteiger partial charge in [0.05, 0.1) is 0 Å². The fraction of sp³-hybridized carbons (Fsp3) is 0.818. The molecule has 0 aromatic carbocycles. The summed E-state index contributed by atoms with van der Waals surface area (Å²) < 4.78 is 1.96. The van der Waals surface area contributed by atoms with E-state index < -0.39 is 0 Å². The molecule has 1 fully saturated rings. The molecule has 90 valence electrons. The molecule has 0 bridgehead atoms. The molecule has 1 aliphatic carbocycles. The quantitative estimate of drug-likeness (QED) is 0.607. The number of nitrogens with zero attached hydrogens (tertiary/aromatic N) is 3. The van der Waals surface area contributed by atoms with Crippen LogP contribution in [0.5, 0.6) is 0 Å². The first-order valence-corrected chi connectivity index (χ1v) is 7.02. The molecule has 1 aromatic rings. The fourth-order valence-corrected chi connectivity index (χ4v) is 2.92. The largest absolute Gasteiger partial charge is 0.316 e. The van der Waals surface area contributed by atoms with E-state index in [1.54, 1.807) is 18.1 Å². The van der Waals surface area contributed by atoms with Crippen molar-refractivity contribution < 1.29 is 0 Å². The smallest absolute Gasteiger partial charge is 0.190 e. The molecule has 0 saturated heterocycles. The zero-order chi connectivity index (χ0) is 11.2. The van der Waals surface area contributed by atoms with Crippen LogP contribution in [0.4, 0.5) is 0 Å².